The summed E-state index contributed by atoms with van der Waals surface area (Å²) in [7, 11) is 0. The molecule has 0 aliphatic rings. The number of nitrogens with zero attached hydrogens (tertiary/aromatic N) is 2. The minimum Gasteiger partial charge on any atom is -0.325 e. The molecule has 1 amide bonds. The number of amides is 1. The zero-order valence-corrected chi connectivity index (χ0v) is 11.8. The molecule has 21 heavy (non-hydrogen) atoms. The number of fused-ring (bicyclic) bond motifs is 1. The number of benzene rings is 1. The predicted octanol–water partition coefficient (Wildman–Crippen LogP) is 2.84. The Labute approximate surface area is 122 Å². The van der Waals surface area contributed by atoms with Gasteiger partial charge in [-0.25, -0.2) is 4.98 Å². The monoisotopic (exact) mass is 280 g/mol. The normalized spacial score (nSPS) is 10.7. The smallest absolute Gasteiger partial charge is 0.224 e. The summed E-state index contributed by atoms with van der Waals surface area (Å²) in [5.41, 5.74) is 3.46. The van der Waals surface area contributed by atoms with Crippen LogP contribution < -0.4 is 5.32 Å². The average Bonchev–Trinajstić information content (AvgIpc) is 2.87. The number of hydrogen-bond acceptors (Lipinski definition) is 3. The third-order valence-corrected chi connectivity index (χ3v) is 3.37. The second-order valence-corrected chi connectivity index (χ2v) is 4.98. The van der Waals surface area contributed by atoms with Crippen LogP contribution in [0.25, 0.3) is 11.0 Å². The lowest BCUT2D eigenvalue weighted by Crippen LogP contribution is -2.12. The van der Waals surface area contributed by atoms with Gasteiger partial charge in [-0.05, 0) is 25.0 Å². The Kier molecular flexibility index (Phi) is 3.64. The predicted molar refractivity (Wildman–Crippen MR) is 82.0 cm³/mol. The summed E-state index contributed by atoms with van der Waals surface area (Å²) in [5.74, 6) is -0.0128. The van der Waals surface area contributed by atoms with Crippen molar-refractivity contribution in [3.05, 3.63) is 53.9 Å². The van der Waals surface area contributed by atoms with Gasteiger partial charge < -0.3 is 5.32 Å². The maximum absolute atomic E-state index is 12.0. The number of pyridine rings is 1. The SMILES string of the molecule is Cc1[nH]nc2ncc(NC(=O)CCc3ccccc3)cc12. The fourth-order valence-electron chi connectivity index (χ4n) is 2.21. The Morgan fingerprint density at radius 3 is 2.90 bits per heavy atom. The topological polar surface area (TPSA) is 70.7 Å². The van der Waals surface area contributed by atoms with E-state index in [1.165, 1.54) is 0 Å². The van der Waals surface area contributed by atoms with Crippen LogP contribution in [-0.4, -0.2) is 21.1 Å². The van der Waals surface area contributed by atoms with Gasteiger partial charge in [-0.15, -0.1) is 0 Å². The lowest BCUT2D eigenvalue weighted by molar-refractivity contribution is -0.116. The maximum Gasteiger partial charge on any atom is 0.224 e. The summed E-state index contributed by atoms with van der Waals surface area (Å²) in [6.45, 7) is 1.93. The van der Waals surface area contributed by atoms with Gasteiger partial charge >= 0.3 is 0 Å². The highest BCUT2D eigenvalue weighted by Gasteiger charge is 2.07. The second-order valence-electron chi connectivity index (χ2n) is 4.98. The zero-order valence-electron chi connectivity index (χ0n) is 11.8. The highest BCUT2D eigenvalue weighted by atomic mass is 16.1. The lowest BCUT2D eigenvalue weighted by atomic mass is 10.1. The molecule has 106 valence electrons. The minimum absolute atomic E-state index is 0.0128. The molecule has 0 radical (unpaired) electrons. The van der Waals surface area contributed by atoms with Crippen LogP contribution in [0.1, 0.15) is 17.7 Å². The molecule has 0 aliphatic carbocycles. The highest BCUT2D eigenvalue weighted by molar-refractivity contribution is 5.93. The number of rotatable bonds is 4. The van der Waals surface area contributed by atoms with Crippen molar-refractivity contribution in [1.82, 2.24) is 15.2 Å². The summed E-state index contributed by atoms with van der Waals surface area (Å²) in [4.78, 5) is 16.2. The number of aromatic nitrogens is 3. The van der Waals surface area contributed by atoms with E-state index in [1.54, 1.807) is 6.20 Å². The van der Waals surface area contributed by atoms with Gasteiger partial charge in [0, 0.05) is 17.5 Å². The molecule has 0 saturated carbocycles. The van der Waals surface area contributed by atoms with Crippen LogP contribution in [0, 0.1) is 6.92 Å². The van der Waals surface area contributed by atoms with Gasteiger partial charge in [-0.3, -0.25) is 9.89 Å². The van der Waals surface area contributed by atoms with E-state index in [2.05, 4.69) is 20.5 Å². The van der Waals surface area contributed by atoms with Crippen molar-refractivity contribution >= 4 is 22.6 Å². The van der Waals surface area contributed by atoms with Gasteiger partial charge in [0.25, 0.3) is 0 Å². The number of anilines is 1. The average molecular weight is 280 g/mol. The van der Waals surface area contributed by atoms with Crippen LogP contribution in [0.5, 0.6) is 0 Å². The Morgan fingerprint density at radius 1 is 1.29 bits per heavy atom. The third kappa shape index (κ3) is 3.08. The van der Waals surface area contributed by atoms with Crippen molar-refractivity contribution in [1.29, 1.82) is 0 Å². The maximum atomic E-state index is 12.0. The number of hydrogen-bond donors (Lipinski definition) is 2. The van der Waals surface area contributed by atoms with E-state index in [0.29, 0.717) is 17.8 Å². The van der Waals surface area contributed by atoms with Gasteiger partial charge in [0.2, 0.25) is 5.91 Å². The lowest BCUT2D eigenvalue weighted by Gasteiger charge is -2.05. The quantitative estimate of drug-likeness (QED) is 0.772. The number of aromatic amines is 1. The largest absolute Gasteiger partial charge is 0.325 e. The van der Waals surface area contributed by atoms with Crippen molar-refractivity contribution < 1.29 is 4.79 Å². The van der Waals surface area contributed by atoms with E-state index in [4.69, 9.17) is 0 Å². The second kappa shape index (κ2) is 5.75. The molecule has 0 aliphatic heterocycles. The number of aryl methyl sites for hydroxylation is 2. The zero-order chi connectivity index (χ0) is 14.7. The van der Waals surface area contributed by atoms with Gasteiger partial charge in [0.1, 0.15) is 0 Å². The van der Waals surface area contributed by atoms with Crippen LogP contribution in [0.3, 0.4) is 0 Å². The fraction of sp³-hybridized carbons (Fsp3) is 0.188. The number of carbonyl (C=O) groups excluding carboxylic acids is 1. The molecule has 0 bridgehead atoms. The molecule has 2 aromatic heterocycles. The molecule has 2 heterocycles. The Hall–Kier alpha value is -2.69. The van der Waals surface area contributed by atoms with E-state index < -0.39 is 0 Å². The molecule has 0 spiro atoms. The summed E-state index contributed by atoms with van der Waals surface area (Å²) < 4.78 is 0. The third-order valence-electron chi connectivity index (χ3n) is 3.37. The van der Waals surface area contributed by atoms with E-state index in [0.717, 1.165) is 23.1 Å². The molecule has 2 N–H and O–H groups in total. The molecular weight excluding hydrogens is 264 g/mol. The number of carbonyl (C=O) groups is 1. The van der Waals surface area contributed by atoms with Crippen LogP contribution in [0.2, 0.25) is 0 Å². The molecule has 3 aromatic rings. The Morgan fingerprint density at radius 2 is 2.10 bits per heavy atom. The number of nitrogens with one attached hydrogen (secondary N) is 2. The standard InChI is InChI=1S/C16H16N4O/c1-11-14-9-13(10-17-16(14)20-19-11)18-15(21)8-7-12-5-3-2-4-6-12/h2-6,9-10H,7-8H2,1H3,(H,18,21)(H,17,19,20). The molecule has 5 heteroatoms. The van der Waals surface area contributed by atoms with Crippen LogP contribution in [0.4, 0.5) is 5.69 Å². The molecule has 5 nitrogen and oxygen atoms in total. The molecule has 0 atom stereocenters. The molecule has 0 unspecified atom stereocenters. The Bertz CT molecular complexity index is 764. The molecule has 0 saturated heterocycles. The summed E-state index contributed by atoms with van der Waals surface area (Å²) in [6.07, 6.45) is 2.81. The molecular formula is C16H16N4O. The highest BCUT2D eigenvalue weighted by Crippen LogP contribution is 2.17. The first-order chi connectivity index (χ1) is 10.2. The van der Waals surface area contributed by atoms with E-state index in [1.807, 2.05) is 43.3 Å². The first-order valence-electron chi connectivity index (χ1n) is 6.87. The van der Waals surface area contributed by atoms with Gasteiger partial charge in [0.15, 0.2) is 5.65 Å². The molecule has 3 rings (SSSR count). The van der Waals surface area contributed by atoms with Crippen molar-refractivity contribution in [3.8, 4) is 0 Å². The number of H-pyrrole nitrogens is 1. The molecule has 1 aromatic carbocycles. The van der Waals surface area contributed by atoms with Gasteiger partial charge in [0.05, 0.1) is 11.9 Å². The van der Waals surface area contributed by atoms with Crippen LogP contribution >= 0.6 is 0 Å². The van der Waals surface area contributed by atoms with Crippen LogP contribution in [-0.2, 0) is 11.2 Å². The van der Waals surface area contributed by atoms with E-state index in [9.17, 15) is 4.79 Å². The van der Waals surface area contributed by atoms with E-state index in [-0.39, 0.29) is 5.91 Å². The van der Waals surface area contributed by atoms with Crippen molar-refractivity contribution in [2.75, 3.05) is 5.32 Å². The van der Waals surface area contributed by atoms with Crippen molar-refractivity contribution in [2.45, 2.75) is 19.8 Å². The summed E-state index contributed by atoms with van der Waals surface area (Å²) in [5, 5.41) is 10.7. The summed E-state index contributed by atoms with van der Waals surface area (Å²) in [6, 6.07) is 11.9. The Balaban J connectivity index is 1.64. The first kappa shape index (κ1) is 13.3. The molecule has 0 fully saturated rings. The van der Waals surface area contributed by atoms with E-state index >= 15 is 0 Å². The first-order valence-corrected chi connectivity index (χ1v) is 6.87. The fourth-order valence-corrected chi connectivity index (χ4v) is 2.21. The summed E-state index contributed by atoms with van der Waals surface area (Å²) >= 11 is 0. The van der Waals surface area contributed by atoms with Gasteiger partial charge in [-0.1, -0.05) is 30.3 Å². The van der Waals surface area contributed by atoms with Crippen molar-refractivity contribution in [3.63, 3.8) is 0 Å². The minimum atomic E-state index is -0.0128. The van der Waals surface area contributed by atoms with Crippen molar-refractivity contribution in [2.24, 2.45) is 0 Å². The van der Waals surface area contributed by atoms with Gasteiger partial charge in [-0.2, -0.15) is 5.10 Å². The van der Waals surface area contributed by atoms with Crippen LogP contribution in [0.15, 0.2) is 42.6 Å².